The Morgan fingerprint density at radius 1 is 1.24 bits per heavy atom. The van der Waals surface area contributed by atoms with Crippen LogP contribution in [0.25, 0.3) is 0 Å². The molecule has 1 N–H and O–H groups in total. The van der Waals surface area contributed by atoms with Crippen LogP contribution >= 0.6 is 11.8 Å². The highest BCUT2D eigenvalue weighted by Crippen LogP contribution is 2.25. The third-order valence-electron chi connectivity index (χ3n) is 4.04. The number of rotatable bonds is 1. The van der Waals surface area contributed by atoms with Crippen molar-refractivity contribution >= 4 is 23.8 Å². The highest BCUT2D eigenvalue weighted by molar-refractivity contribution is 7.99. The number of carboxylic acids is 1. The zero-order valence-corrected chi connectivity index (χ0v) is 12.5. The van der Waals surface area contributed by atoms with Crippen molar-refractivity contribution in [1.29, 1.82) is 0 Å². The third-order valence-corrected chi connectivity index (χ3v) is 5.05. The lowest BCUT2D eigenvalue weighted by molar-refractivity contribution is -0.140. The Morgan fingerprint density at radius 3 is 2.76 bits per heavy atom. The maximum atomic E-state index is 12.7. The van der Waals surface area contributed by atoms with E-state index in [1.54, 1.807) is 4.90 Å². The number of carbonyl (C=O) groups is 2. The maximum absolute atomic E-state index is 12.7. The second kappa shape index (κ2) is 5.97. The minimum atomic E-state index is -0.913. The van der Waals surface area contributed by atoms with Gasteiger partial charge in [0.25, 0.3) is 0 Å². The van der Waals surface area contributed by atoms with Crippen molar-refractivity contribution in [3.05, 3.63) is 35.4 Å². The number of hydrogen-bond acceptors (Lipinski definition) is 3. The third kappa shape index (κ3) is 2.85. The zero-order valence-electron chi connectivity index (χ0n) is 11.7. The number of carboxylic acid groups (broad SMARTS) is 1. The summed E-state index contributed by atoms with van der Waals surface area (Å²) in [5.41, 5.74) is 2.46. The van der Waals surface area contributed by atoms with Crippen LogP contribution in [0.15, 0.2) is 24.3 Å². The zero-order chi connectivity index (χ0) is 14.8. The number of aryl methyl sites for hydroxylation is 1. The van der Waals surface area contributed by atoms with Crippen LogP contribution in [0.3, 0.4) is 0 Å². The van der Waals surface area contributed by atoms with Gasteiger partial charge in [0.15, 0.2) is 0 Å². The smallest absolute Gasteiger partial charge is 0.327 e. The van der Waals surface area contributed by atoms with Crippen LogP contribution in [0.1, 0.15) is 17.5 Å². The lowest BCUT2D eigenvalue weighted by atomic mass is 10.0. The van der Waals surface area contributed by atoms with E-state index < -0.39 is 12.0 Å². The van der Waals surface area contributed by atoms with Crippen molar-refractivity contribution < 1.29 is 14.7 Å². The standard InChI is InChI=1S/C15H18N2O3S/c18-14(19)13-9-21-10-17(13)15(20)16-7-3-6-11-4-1-2-5-12(11)8-16/h1-2,4-5,13H,3,6-10H2,(H,18,19). The summed E-state index contributed by atoms with van der Waals surface area (Å²) < 4.78 is 0. The normalized spacial score (nSPS) is 21.8. The van der Waals surface area contributed by atoms with Crippen molar-refractivity contribution in [3.63, 3.8) is 0 Å². The molecule has 0 bridgehead atoms. The fraction of sp³-hybridized carbons (Fsp3) is 0.467. The molecule has 2 heterocycles. The molecule has 2 aliphatic heterocycles. The number of thioether (sulfide) groups is 1. The molecule has 0 aliphatic carbocycles. The fourth-order valence-electron chi connectivity index (χ4n) is 2.88. The number of nitrogens with zero attached hydrogens (tertiary/aromatic N) is 2. The maximum Gasteiger partial charge on any atom is 0.327 e. The number of hydrogen-bond donors (Lipinski definition) is 1. The van der Waals surface area contributed by atoms with Crippen molar-refractivity contribution in [1.82, 2.24) is 9.80 Å². The lowest BCUT2D eigenvalue weighted by Gasteiger charge is -2.29. The van der Waals surface area contributed by atoms with Gasteiger partial charge in [0.2, 0.25) is 0 Å². The number of carbonyl (C=O) groups excluding carboxylic acids is 1. The number of amides is 2. The summed E-state index contributed by atoms with van der Waals surface area (Å²) in [5, 5.41) is 9.22. The summed E-state index contributed by atoms with van der Waals surface area (Å²) in [6.07, 6.45) is 1.89. The van der Waals surface area contributed by atoms with Gasteiger partial charge in [0.1, 0.15) is 6.04 Å². The first-order valence-corrected chi connectivity index (χ1v) is 8.25. The van der Waals surface area contributed by atoms with Crippen LogP contribution in [-0.2, 0) is 17.8 Å². The highest BCUT2D eigenvalue weighted by Gasteiger charge is 2.37. The SMILES string of the molecule is O=C(O)C1CSCN1C(=O)N1CCCc2ccccc2C1. The second-order valence-corrected chi connectivity index (χ2v) is 6.40. The molecule has 0 radical (unpaired) electrons. The van der Waals surface area contributed by atoms with Gasteiger partial charge in [-0.15, -0.1) is 11.8 Å². The Kier molecular flexibility index (Phi) is 4.05. The van der Waals surface area contributed by atoms with Gasteiger partial charge in [-0.05, 0) is 24.0 Å². The van der Waals surface area contributed by atoms with E-state index in [2.05, 4.69) is 6.07 Å². The van der Waals surface area contributed by atoms with Gasteiger partial charge >= 0.3 is 12.0 Å². The Bertz CT molecular complexity index is 564. The van der Waals surface area contributed by atoms with Gasteiger partial charge in [0, 0.05) is 18.8 Å². The Morgan fingerprint density at radius 2 is 2.00 bits per heavy atom. The van der Waals surface area contributed by atoms with E-state index >= 15 is 0 Å². The summed E-state index contributed by atoms with van der Waals surface area (Å²) in [5.74, 6) is 0.0305. The Hall–Kier alpha value is -1.69. The van der Waals surface area contributed by atoms with Gasteiger partial charge in [0.05, 0.1) is 5.88 Å². The summed E-state index contributed by atoms with van der Waals surface area (Å²) in [6, 6.07) is 7.32. The van der Waals surface area contributed by atoms with Crippen molar-refractivity contribution in [2.45, 2.75) is 25.4 Å². The van der Waals surface area contributed by atoms with Crippen molar-refractivity contribution in [3.8, 4) is 0 Å². The molecule has 1 aromatic carbocycles. The molecule has 0 spiro atoms. The van der Waals surface area contributed by atoms with E-state index in [0.717, 1.165) is 12.8 Å². The molecule has 0 aromatic heterocycles. The Labute approximate surface area is 127 Å². The molecule has 2 aliphatic rings. The Balaban J connectivity index is 1.77. The molecule has 2 amide bonds. The van der Waals surface area contributed by atoms with E-state index in [-0.39, 0.29) is 6.03 Å². The summed E-state index contributed by atoms with van der Waals surface area (Å²) >= 11 is 1.50. The molecule has 1 fully saturated rings. The average molecular weight is 306 g/mol. The molecule has 1 aromatic rings. The molecular formula is C15H18N2O3S. The first-order chi connectivity index (χ1) is 10.2. The minimum Gasteiger partial charge on any atom is -0.480 e. The van der Waals surface area contributed by atoms with Crippen LogP contribution in [0.2, 0.25) is 0 Å². The minimum absolute atomic E-state index is 0.149. The van der Waals surface area contributed by atoms with E-state index in [4.69, 9.17) is 0 Å². The van der Waals surface area contributed by atoms with Crippen molar-refractivity contribution in [2.75, 3.05) is 18.2 Å². The van der Waals surface area contributed by atoms with Crippen molar-refractivity contribution in [2.24, 2.45) is 0 Å². The lowest BCUT2D eigenvalue weighted by Crippen LogP contribution is -2.48. The number of benzene rings is 1. The molecule has 6 heteroatoms. The molecule has 21 heavy (non-hydrogen) atoms. The summed E-state index contributed by atoms with van der Waals surface area (Å²) in [4.78, 5) is 27.2. The molecule has 5 nitrogen and oxygen atoms in total. The predicted octanol–water partition coefficient (Wildman–Crippen LogP) is 2.01. The number of urea groups is 1. The average Bonchev–Trinajstić information content (AvgIpc) is 2.87. The van der Waals surface area contributed by atoms with Crippen LogP contribution in [0, 0.1) is 0 Å². The molecule has 1 unspecified atom stereocenters. The first-order valence-electron chi connectivity index (χ1n) is 7.09. The van der Waals surface area contributed by atoms with Gasteiger partial charge in [-0.25, -0.2) is 9.59 Å². The second-order valence-electron chi connectivity index (χ2n) is 5.40. The van der Waals surface area contributed by atoms with Gasteiger partial charge in [-0.1, -0.05) is 24.3 Å². The topological polar surface area (TPSA) is 60.9 Å². The highest BCUT2D eigenvalue weighted by atomic mass is 32.2. The van der Waals surface area contributed by atoms with Gasteiger partial charge in [-0.2, -0.15) is 0 Å². The quantitative estimate of drug-likeness (QED) is 0.862. The molecule has 1 saturated heterocycles. The van der Waals surface area contributed by atoms with Crippen LogP contribution < -0.4 is 0 Å². The van der Waals surface area contributed by atoms with E-state index in [1.165, 1.54) is 27.8 Å². The molecule has 3 rings (SSSR count). The summed E-state index contributed by atoms with van der Waals surface area (Å²) in [7, 11) is 0. The largest absolute Gasteiger partial charge is 0.480 e. The first kappa shape index (κ1) is 14.3. The van der Waals surface area contributed by atoms with E-state index in [1.807, 2.05) is 18.2 Å². The van der Waals surface area contributed by atoms with Gasteiger partial charge < -0.3 is 14.9 Å². The molecular weight excluding hydrogens is 288 g/mol. The molecule has 112 valence electrons. The summed E-state index contributed by atoms with van der Waals surface area (Å²) in [6.45, 7) is 1.25. The van der Waals surface area contributed by atoms with Crippen LogP contribution in [-0.4, -0.2) is 51.1 Å². The molecule has 0 saturated carbocycles. The predicted molar refractivity (Wildman–Crippen MR) is 81.2 cm³/mol. The fourth-order valence-corrected chi connectivity index (χ4v) is 4.02. The number of aliphatic carboxylic acids is 1. The van der Waals surface area contributed by atoms with Crippen LogP contribution in [0.5, 0.6) is 0 Å². The van der Waals surface area contributed by atoms with E-state index in [9.17, 15) is 14.7 Å². The monoisotopic (exact) mass is 306 g/mol. The van der Waals surface area contributed by atoms with Crippen LogP contribution in [0.4, 0.5) is 4.79 Å². The number of fused-ring (bicyclic) bond motifs is 1. The van der Waals surface area contributed by atoms with Gasteiger partial charge in [-0.3, -0.25) is 0 Å². The van der Waals surface area contributed by atoms with E-state index in [0.29, 0.717) is 24.7 Å². The molecule has 1 atom stereocenters.